The highest BCUT2D eigenvalue weighted by atomic mass is 79.9. The Morgan fingerprint density at radius 1 is 1.04 bits per heavy atom. The first-order valence-electron chi connectivity index (χ1n) is 7.92. The van der Waals surface area contributed by atoms with Gasteiger partial charge in [0.1, 0.15) is 5.82 Å². The zero-order valence-corrected chi connectivity index (χ0v) is 15.7. The summed E-state index contributed by atoms with van der Waals surface area (Å²) in [6.07, 6.45) is 2.29. The summed E-state index contributed by atoms with van der Waals surface area (Å²) in [4.78, 5) is 4.72. The molecule has 0 radical (unpaired) electrons. The van der Waals surface area contributed by atoms with Crippen LogP contribution >= 0.6 is 15.9 Å². The smallest absolute Gasteiger partial charge is 0.161 e. The minimum Gasteiger partial charge on any atom is -0.493 e. The highest BCUT2D eigenvalue weighted by Crippen LogP contribution is 2.36. The van der Waals surface area contributed by atoms with Crippen molar-refractivity contribution in [3.8, 4) is 11.5 Å². The van der Waals surface area contributed by atoms with Crippen molar-refractivity contribution in [2.75, 3.05) is 14.2 Å². The Balaban J connectivity index is 1.95. The summed E-state index contributed by atoms with van der Waals surface area (Å²) >= 11 is 3.24. The van der Waals surface area contributed by atoms with E-state index < -0.39 is 0 Å². The van der Waals surface area contributed by atoms with Gasteiger partial charge in [-0.25, -0.2) is 9.37 Å². The number of nitrogens with one attached hydrogen (secondary N) is 1. The molecule has 0 fully saturated rings. The first-order chi connectivity index (χ1) is 12.6. The number of halogens is 2. The van der Waals surface area contributed by atoms with Gasteiger partial charge in [0.25, 0.3) is 0 Å². The maximum absolute atomic E-state index is 13.5. The van der Waals surface area contributed by atoms with Crippen molar-refractivity contribution in [1.29, 1.82) is 0 Å². The summed E-state index contributed by atoms with van der Waals surface area (Å²) in [5.74, 6) is 0.984. The summed E-state index contributed by atoms with van der Waals surface area (Å²) in [6.45, 7) is 0. The van der Waals surface area contributed by atoms with Gasteiger partial charge >= 0.3 is 0 Å². The van der Waals surface area contributed by atoms with Crippen molar-refractivity contribution in [3.63, 3.8) is 0 Å². The van der Waals surface area contributed by atoms with E-state index in [-0.39, 0.29) is 5.82 Å². The van der Waals surface area contributed by atoms with Crippen LogP contribution in [-0.2, 0) is 6.42 Å². The van der Waals surface area contributed by atoms with Crippen molar-refractivity contribution in [1.82, 2.24) is 15.2 Å². The van der Waals surface area contributed by atoms with Crippen molar-refractivity contribution in [2.45, 2.75) is 6.42 Å². The molecule has 0 saturated heterocycles. The molecular formula is C19H15BrFN3O2. The Bertz CT molecular complexity index is 1130. The second kappa shape index (κ2) is 6.57. The van der Waals surface area contributed by atoms with Gasteiger partial charge in [0.15, 0.2) is 17.1 Å². The molecule has 5 nitrogen and oxygen atoms in total. The number of methoxy groups -OCH3 is 2. The van der Waals surface area contributed by atoms with E-state index in [4.69, 9.17) is 14.5 Å². The average Bonchev–Trinajstić information content (AvgIpc) is 3.12. The molecule has 0 aliphatic rings. The van der Waals surface area contributed by atoms with Gasteiger partial charge in [-0.15, -0.1) is 0 Å². The molecule has 0 unspecified atom stereocenters. The number of benzene rings is 2. The van der Waals surface area contributed by atoms with Crippen LogP contribution in [0, 0.1) is 5.82 Å². The van der Waals surface area contributed by atoms with Crippen molar-refractivity contribution in [3.05, 3.63) is 58.1 Å². The third-order valence-electron chi connectivity index (χ3n) is 4.35. The first-order valence-corrected chi connectivity index (χ1v) is 8.71. The zero-order chi connectivity index (χ0) is 18.3. The quantitative estimate of drug-likeness (QED) is 0.528. The molecule has 0 saturated carbocycles. The molecule has 0 aliphatic heterocycles. The summed E-state index contributed by atoms with van der Waals surface area (Å²) in [5, 5.41) is 9.85. The number of rotatable bonds is 4. The van der Waals surface area contributed by atoms with Gasteiger partial charge in [-0.3, -0.25) is 5.10 Å². The number of nitrogens with zero attached hydrogens (tertiary/aromatic N) is 2. The first kappa shape index (κ1) is 16.8. The predicted molar refractivity (Wildman–Crippen MR) is 101 cm³/mol. The Hall–Kier alpha value is -2.67. The number of hydrogen-bond donors (Lipinski definition) is 1. The van der Waals surface area contributed by atoms with Gasteiger partial charge in [0.05, 0.1) is 30.6 Å². The van der Waals surface area contributed by atoms with Crippen LogP contribution in [0.1, 0.15) is 11.3 Å². The molecule has 1 N–H and O–H groups in total. The summed E-state index contributed by atoms with van der Waals surface area (Å²) in [7, 11) is 3.21. The maximum atomic E-state index is 13.5. The van der Waals surface area contributed by atoms with E-state index in [1.807, 2.05) is 12.1 Å². The number of pyridine rings is 1. The van der Waals surface area contributed by atoms with Crippen LogP contribution < -0.4 is 9.47 Å². The lowest BCUT2D eigenvalue weighted by molar-refractivity contribution is 0.356. The highest BCUT2D eigenvalue weighted by Gasteiger charge is 2.15. The van der Waals surface area contributed by atoms with Crippen LogP contribution in [0.25, 0.3) is 21.8 Å². The molecule has 0 aliphatic carbocycles. The number of hydrogen-bond acceptors (Lipinski definition) is 4. The molecule has 7 heteroatoms. The minimum atomic E-state index is -0.290. The van der Waals surface area contributed by atoms with Crippen LogP contribution in [-0.4, -0.2) is 29.4 Å². The van der Waals surface area contributed by atoms with Gasteiger partial charge < -0.3 is 9.47 Å². The molecule has 4 rings (SSSR count). The lowest BCUT2D eigenvalue weighted by atomic mass is 10.0. The van der Waals surface area contributed by atoms with E-state index in [2.05, 4.69) is 26.1 Å². The van der Waals surface area contributed by atoms with Crippen LogP contribution in [0.3, 0.4) is 0 Å². The van der Waals surface area contributed by atoms with Gasteiger partial charge in [0, 0.05) is 22.6 Å². The molecule has 132 valence electrons. The number of aromatic nitrogens is 3. The standard InChI is InChI=1S/C19H15BrFN3O2/c1-25-17-7-11-12(8-18(17)26-2)16(23-19-13(11)9-22-24-19)6-10-3-4-15(21)14(20)5-10/h3-5,7-9H,6H2,1-2H3,(H,22,23,24). The molecule has 0 bridgehead atoms. The van der Waals surface area contributed by atoms with Gasteiger partial charge in [-0.1, -0.05) is 6.07 Å². The van der Waals surface area contributed by atoms with Crippen LogP contribution in [0.2, 0.25) is 0 Å². The molecule has 0 spiro atoms. The summed E-state index contributed by atoms with van der Waals surface area (Å²) < 4.78 is 24.8. The van der Waals surface area contributed by atoms with Gasteiger partial charge in [-0.2, -0.15) is 5.10 Å². The van der Waals surface area contributed by atoms with Crippen molar-refractivity contribution < 1.29 is 13.9 Å². The maximum Gasteiger partial charge on any atom is 0.161 e. The zero-order valence-electron chi connectivity index (χ0n) is 14.1. The van der Waals surface area contributed by atoms with Crippen molar-refractivity contribution >= 4 is 37.7 Å². The SMILES string of the molecule is COc1cc2c(Cc3ccc(F)c(Br)c3)nc3[nH]ncc3c2cc1OC. The average molecular weight is 416 g/mol. The molecule has 2 heterocycles. The Morgan fingerprint density at radius 3 is 2.46 bits per heavy atom. The van der Waals surface area contributed by atoms with E-state index in [0.29, 0.717) is 28.0 Å². The van der Waals surface area contributed by atoms with E-state index >= 15 is 0 Å². The van der Waals surface area contributed by atoms with E-state index in [1.54, 1.807) is 32.5 Å². The lowest BCUT2D eigenvalue weighted by Crippen LogP contribution is -1.98. The predicted octanol–water partition coefficient (Wildman–Crippen LogP) is 4.62. The van der Waals surface area contributed by atoms with Gasteiger partial charge in [-0.05, 0) is 45.8 Å². The molecule has 0 atom stereocenters. The van der Waals surface area contributed by atoms with Crippen LogP contribution in [0.5, 0.6) is 11.5 Å². The lowest BCUT2D eigenvalue weighted by Gasteiger charge is -2.12. The van der Waals surface area contributed by atoms with Gasteiger partial charge in [0.2, 0.25) is 0 Å². The summed E-state index contributed by atoms with van der Waals surface area (Å²) in [5.41, 5.74) is 2.48. The monoisotopic (exact) mass is 415 g/mol. The molecule has 2 aromatic heterocycles. The minimum absolute atomic E-state index is 0.290. The number of ether oxygens (including phenoxy) is 2. The third-order valence-corrected chi connectivity index (χ3v) is 4.95. The summed E-state index contributed by atoms with van der Waals surface area (Å²) in [6, 6.07) is 8.81. The second-order valence-corrected chi connectivity index (χ2v) is 6.72. The third kappa shape index (κ3) is 2.78. The van der Waals surface area contributed by atoms with Crippen LogP contribution in [0.15, 0.2) is 41.0 Å². The molecular weight excluding hydrogens is 401 g/mol. The highest BCUT2D eigenvalue weighted by molar-refractivity contribution is 9.10. The molecule has 0 amide bonds. The fourth-order valence-corrected chi connectivity index (χ4v) is 3.50. The topological polar surface area (TPSA) is 60.0 Å². The van der Waals surface area contributed by atoms with Crippen molar-refractivity contribution in [2.24, 2.45) is 0 Å². The largest absolute Gasteiger partial charge is 0.493 e. The molecule has 4 aromatic rings. The van der Waals surface area contributed by atoms with E-state index in [0.717, 1.165) is 27.4 Å². The molecule has 2 aromatic carbocycles. The van der Waals surface area contributed by atoms with Crippen LogP contribution in [0.4, 0.5) is 4.39 Å². The normalized spacial score (nSPS) is 11.2. The second-order valence-electron chi connectivity index (χ2n) is 5.87. The number of fused-ring (bicyclic) bond motifs is 3. The number of H-pyrrole nitrogens is 1. The molecule has 26 heavy (non-hydrogen) atoms. The fraction of sp³-hybridized carbons (Fsp3) is 0.158. The fourth-order valence-electron chi connectivity index (χ4n) is 3.08. The van der Waals surface area contributed by atoms with E-state index in [9.17, 15) is 4.39 Å². The Labute approximate surface area is 157 Å². The number of aromatic amines is 1. The van der Waals surface area contributed by atoms with E-state index in [1.165, 1.54) is 6.07 Å². The Kier molecular flexibility index (Phi) is 4.24. The Morgan fingerprint density at radius 2 is 1.77 bits per heavy atom.